The van der Waals surface area contributed by atoms with Gasteiger partial charge in [-0.25, -0.2) is 0 Å². The van der Waals surface area contributed by atoms with Crippen LogP contribution in [0.1, 0.15) is 11.1 Å². The van der Waals surface area contributed by atoms with E-state index < -0.39 is 35.0 Å². The summed E-state index contributed by atoms with van der Waals surface area (Å²) in [7, 11) is 0. The fourth-order valence-electron chi connectivity index (χ4n) is 1.05. The van der Waals surface area contributed by atoms with Crippen LogP contribution in [0, 0.1) is 0 Å². The maximum atomic E-state index is 12.2. The van der Waals surface area contributed by atoms with Gasteiger partial charge in [-0.15, -0.1) is 0 Å². The van der Waals surface area contributed by atoms with Crippen LogP contribution in [0.25, 0.3) is 0 Å². The van der Waals surface area contributed by atoms with E-state index in [1.165, 1.54) is 0 Å². The first-order chi connectivity index (χ1) is 7.03. The molecule has 0 aliphatic carbocycles. The molecule has 0 spiro atoms. The molecule has 0 unspecified atom stereocenters. The van der Waals surface area contributed by atoms with E-state index in [0.29, 0.717) is 0 Å². The van der Waals surface area contributed by atoms with Crippen LogP contribution in [-0.4, -0.2) is 10.2 Å². The summed E-state index contributed by atoms with van der Waals surface area (Å²) < 4.78 is 73.0. The molecule has 0 amide bonds. The zero-order valence-electron chi connectivity index (χ0n) is 7.32. The number of phenolic OH excluding ortho intramolecular Hbond substituents is 2. The topological polar surface area (TPSA) is 40.5 Å². The minimum absolute atomic E-state index is 0.0184. The van der Waals surface area contributed by atoms with Crippen molar-refractivity contribution in [2.24, 2.45) is 0 Å². The second kappa shape index (κ2) is 3.46. The van der Waals surface area contributed by atoms with Crippen molar-refractivity contribution in [2.75, 3.05) is 0 Å². The van der Waals surface area contributed by atoms with Crippen LogP contribution < -0.4 is 0 Å². The monoisotopic (exact) mass is 246 g/mol. The zero-order chi connectivity index (χ0) is 12.7. The Bertz CT molecular complexity index is 371. The van der Waals surface area contributed by atoms with E-state index in [0.717, 1.165) is 0 Å². The maximum absolute atomic E-state index is 12.2. The molecule has 0 bridgehead atoms. The zero-order valence-corrected chi connectivity index (χ0v) is 7.32. The molecule has 2 nitrogen and oxygen atoms in total. The van der Waals surface area contributed by atoms with Crippen molar-refractivity contribution in [2.45, 2.75) is 12.4 Å². The molecular weight excluding hydrogens is 242 g/mol. The average molecular weight is 246 g/mol. The lowest BCUT2D eigenvalue weighted by Gasteiger charge is -2.14. The van der Waals surface area contributed by atoms with Crippen molar-refractivity contribution in [1.82, 2.24) is 0 Å². The first kappa shape index (κ1) is 12.5. The summed E-state index contributed by atoms with van der Waals surface area (Å²) in [5.41, 5.74) is -3.86. The van der Waals surface area contributed by atoms with E-state index in [9.17, 15) is 26.3 Å². The van der Waals surface area contributed by atoms with Crippen molar-refractivity contribution < 1.29 is 36.6 Å². The Morgan fingerprint density at radius 2 is 1.06 bits per heavy atom. The van der Waals surface area contributed by atoms with Gasteiger partial charge in [-0.1, -0.05) is 0 Å². The van der Waals surface area contributed by atoms with Gasteiger partial charge in [0.25, 0.3) is 0 Å². The van der Waals surface area contributed by atoms with Gasteiger partial charge in [-0.2, -0.15) is 26.3 Å². The third-order valence-corrected chi connectivity index (χ3v) is 1.71. The molecule has 0 fully saturated rings. The SMILES string of the molecule is Oc1cc(C(F)(F)F)c(O)c(C(F)(F)F)c1. The number of rotatable bonds is 0. The molecule has 1 aromatic rings. The van der Waals surface area contributed by atoms with Crippen LogP contribution >= 0.6 is 0 Å². The lowest BCUT2D eigenvalue weighted by molar-refractivity contribution is -0.145. The second-order valence-electron chi connectivity index (χ2n) is 2.89. The molecule has 1 aromatic carbocycles. The fourth-order valence-corrected chi connectivity index (χ4v) is 1.05. The van der Waals surface area contributed by atoms with Crippen LogP contribution in [-0.2, 0) is 12.4 Å². The highest BCUT2D eigenvalue weighted by Crippen LogP contribution is 2.45. The first-order valence-corrected chi connectivity index (χ1v) is 3.74. The lowest BCUT2D eigenvalue weighted by Crippen LogP contribution is -2.11. The highest BCUT2D eigenvalue weighted by molar-refractivity contribution is 5.48. The molecule has 90 valence electrons. The molecule has 8 heteroatoms. The van der Waals surface area contributed by atoms with Crippen molar-refractivity contribution in [3.05, 3.63) is 23.3 Å². The first-order valence-electron chi connectivity index (χ1n) is 3.74. The maximum Gasteiger partial charge on any atom is 0.420 e. The Balaban J connectivity index is 3.51. The van der Waals surface area contributed by atoms with Gasteiger partial charge >= 0.3 is 12.4 Å². The standard InChI is InChI=1S/C8H4F6O2/c9-7(10,11)4-1-3(15)2-5(6(4)16)8(12,13)14/h1-2,15-16H. The van der Waals surface area contributed by atoms with Gasteiger partial charge in [-0.3, -0.25) is 0 Å². The minimum atomic E-state index is -5.18. The van der Waals surface area contributed by atoms with Gasteiger partial charge < -0.3 is 10.2 Å². The Morgan fingerprint density at radius 1 is 0.750 bits per heavy atom. The normalized spacial score (nSPS) is 12.9. The molecule has 0 atom stereocenters. The second-order valence-corrected chi connectivity index (χ2v) is 2.89. The summed E-state index contributed by atoms with van der Waals surface area (Å²) in [6, 6.07) is 0.0369. The van der Waals surface area contributed by atoms with Crippen molar-refractivity contribution in [1.29, 1.82) is 0 Å². The summed E-state index contributed by atoms with van der Waals surface area (Å²) >= 11 is 0. The molecule has 0 heterocycles. The Morgan fingerprint density at radius 3 is 1.31 bits per heavy atom. The minimum Gasteiger partial charge on any atom is -0.508 e. The molecular formula is C8H4F6O2. The lowest BCUT2D eigenvalue weighted by atomic mass is 10.1. The molecule has 0 radical (unpaired) electrons. The van der Waals surface area contributed by atoms with Gasteiger partial charge in [0.05, 0.1) is 0 Å². The van der Waals surface area contributed by atoms with Crippen LogP contribution in [0.4, 0.5) is 26.3 Å². The van der Waals surface area contributed by atoms with Gasteiger partial charge in [0, 0.05) is 0 Å². The number of halogens is 6. The number of aromatic hydroxyl groups is 2. The molecule has 1 rings (SSSR count). The molecule has 0 aliphatic heterocycles. The molecule has 2 N–H and O–H groups in total. The van der Waals surface area contributed by atoms with E-state index in [4.69, 9.17) is 10.2 Å². The van der Waals surface area contributed by atoms with Crippen molar-refractivity contribution in [3.63, 3.8) is 0 Å². The Hall–Kier alpha value is -1.60. The summed E-state index contributed by atoms with van der Waals surface area (Å²) in [5, 5.41) is 17.6. The number of alkyl halides is 6. The quantitative estimate of drug-likeness (QED) is 0.545. The third-order valence-electron chi connectivity index (χ3n) is 1.71. The van der Waals surface area contributed by atoms with Gasteiger partial charge in [0.1, 0.15) is 22.6 Å². The van der Waals surface area contributed by atoms with Crippen molar-refractivity contribution >= 4 is 0 Å². The van der Waals surface area contributed by atoms with E-state index in [1.807, 2.05) is 0 Å². The smallest absolute Gasteiger partial charge is 0.420 e. The number of benzene rings is 1. The molecule has 0 aliphatic rings. The summed E-state index contributed by atoms with van der Waals surface area (Å²) in [5.74, 6) is -3.17. The number of hydrogen-bond donors (Lipinski definition) is 2. The van der Waals surface area contributed by atoms with E-state index in [-0.39, 0.29) is 12.1 Å². The van der Waals surface area contributed by atoms with Crippen LogP contribution in [0.3, 0.4) is 0 Å². The summed E-state index contributed by atoms with van der Waals surface area (Å²) in [6.07, 6.45) is -10.4. The van der Waals surface area contributed by atoms with Gasteiger partial charge in [0.15, 0.2) is 0 Å². The average Bonchev–Trinajstić information content (AvgIpc) is 2.04. The predicted octanol–water partition coefficient (Wildman–Crippen LogP) is 3.14. The molecule has 0 saturated carbocycles. The van der Waals surface area contributed by atoms with E-state index in [1.54, 1.807) is 0 Å². The largest absolute Gasteiger partial charge is 0.508 e. The van der Waals surface area contributed by atoms with E-state index >= 15 is 0 Å². The Labute approximate surface area is 84.7 Å². The summed E-state index contributed by atoms with van der Waals surface area (Å²) in [6.45, 7) is 0. The molecule has 16 heavy (non-hydrogen) atoms. The summed E-state index contributed by atoms with van der Waals surface area (Å²) in [4.78, 5) is 0. The highest BCUT2D eigenvalue weighted by atomic mass is 19.4. The highest BCUT2D eigenvalue weighted by Gasteiger charge is 2.41. The van der Waals surface area contributed by atoms with Crippen LogP contribution in [0.5, 0.6) is 11.5 Å². The number of phenols is 2. The fraction of sp³-hybridized carbons (Fsp3) is 0.250. The van der Waals surface area contributed by atoms with Crippen molar-refractivity contribution in [3.8, 4) is 11.5 Å². The molecule has 0 aromatic heterocycles. The van der Waals surface area contributed by atoms with Gasteiger partial charge in [0.2, 0.25) is 0 Å². The molecule has 0 saturated heterocycles. The van der Waals surface area contributed by atoms with Gasteiger partial charge in [-0.05, 0) is 12.1 Å². The van der Waals surface area contributed by atoms with Crippen LogP contribution in [0.2, 0.25) is 0 Å². The predicted molar refractivity (Wildman–Crippen MR) is 39.8 cm³/mol. The van der Waals surface area contributed by atoms with E-state index in [2.05, 4.69) is 0 Å². The number of hydrogen-bond acceptors (Lipinski definition) is 2. The Kier molecular flexibility index (Phi) is 2.70. The van der Waals surface area contributed by atoms with Crippen LogP contribution in [0.15, 0.2) is 12.1 Å². The third kappa shape index (κ3) is 2.31.